The monoisotopic (exact) mass is 472 g/mol. The van der Waals surface area contributed by atoms with Crippen LogP contribution in [0.25, 0.3) is 22.2 Å². The molecule has 1 atom stereocenters. The van der Waals surface area contributed by atoms with Crippen LogP contribution >= 0.6 is 0 Å². The number of rotatable bonds is 8. The molecular formula is C27H28N4O4. The predicted molar refractivity (Wildman–Crippen MR) is 137 cm³/mol. The summed E-state index contributed by atoms with van der Waals surface area (Å²) >= 11 is 0. The first-order valence-electron chi connectivity index (χ1n) is 11.4. The quantitative estimate of drug-likeness (QED) is 0.335. The lowest BCUT2D eigenvalue weighted by Gasteiger charge is -2.16. The van der Waals surface area contributed by atoms with Crippen LogP contribution in [0.3, 0.4) is 0 Å². The molecule has 4 aromatic rings. The topological polar surface area (TPSA) is 122 Å². The Morgan fingerprint density at radius 1 is 1.11 bits per heavy atom. The van der Waals surface area contributed by atoms with E-state index in [1.807, 2.05) is 38.4 Å². The minimum Gasteiger partial charge on any atom is -0.481 e. The molecule has 0 bridgehead atoms. The second-order valence-electron chi connectivity index (χ2n) is 8.51. The summed E-state index contributed by atoms with van der Waals surface area (Å²) in [5.74, 6) is -2.02. The van der Waals surface area contributed by atoms with Gasteiger partial charge in [-0.15, -0.1) is 0 Å². The minimum atomic E-state index is -0.934. The number of carbonyl (C=O) groups excluding carboxylic acids is 1. The van der Waals surface area contributed by atoms with E-state index in [-0.39, 0.29) is 5.91 Å². The molecule has 4 N–H and O–H groups in total. The molecule has 35 heavy (non-hydrogen) atoms. The molecule has 1 unspecified atom stereocenters. The van der Waals surface area contributed by atoms with Crippen molar-refractivity contribution in [3.63, 3.8) is 0 Å². The van der Waals surface area contributed by atoms with Crippen molar-refractivity contribution in [3.05, 3.63) is 77.4 Å². The molecule has 8 nitrogen and oxygen atoms in total. The molecule has 8 heteroatoms. The molecule has 1 heterocycles. The van der Waals surface area contributed by atoms with Gasteiger partial charge in [0.1, 0.15) is 5.52 Å². The highest BCUT2D eigenvalue weighted by atomic mass is 16.4. The first-order valence-corrected chi connectivity index (χ1v) is 11.4. The number of fused-ring (bicyclic) bond motifs is 1. The molecular weight excluding hydrogens is 444 g/mol. The number of amides is 1. The normalized spacial score (nSPS) is 11.9. The molecule has 0 saturated carbocycles. The average Bonchev–Trinajstić information content (AvgIpc) is 3.29. The van der Waals surface area contributed by atoms with E-state index in [9.17, 15) is 14.7 Å². The fraction of sp³-hybridized carbons (Fsp3) is 0.222. The fourth-order valence-corrected chi connectivity index (χ4v) is 4.06. The maximum Gasteiger partial charge on any atom is 0.311 e. The number of anilines is 2. The number of hydrogen-bond acceptors (Lipinski definition) is 6. The zero-order valence-electron chi connectivity index (χ0n) is 19.9. The van der Waals surface area contributed by atoms with Crippen LogP contribution in [-0.2, 0) is 11.3 Å². The van der Waals surface area contributed by atoms with Crippen molar-refractivity contribution in [2.75, 3.05) is 24.3 Å². The second kappa shape index (κ2) is 9.99. The first kappa shape index (κ1) is 24.0. The van der Waals surface area contributed by atoms with Gasteiger partial charge in [-0.3, -0.25) is 9.59 Å². The van der Waals surface area contributed by atoms with Crippen LogP contribution in [0.5, 0.6) is 0 Å². The number of benzene rings is 3. The number of nitrogens with one attached hydrogen (secondary N) is 1. The number of nitrogens with zero attached hydrogens (tertiary/aromatic N) is 2. The van der Waals surface area contributed by atoms with Gasteiger partial charge in [-0.2, -0.15) is 4.98 Å². The maximum atomic E-state index is 13.4. The van der Waals surface area contributed by atoms with Crippen LogP contribution < -0.4 is 16.0 Å². The third kappa shape index (κ3) is 4.88. The van der Waals surface area contributed by atoms with Crippen molar-refractivity contribution in [3.8, 4) is 11.1 Å². The van der Waals surface area contributed by atoms with Crippen LogP contribution in [-0.4, -0.2) is 36.1 Å². The van der Waals surface area contributed by atoms with Crippen LogP contribution in [0.15, 0.2) is 65.1 Å². The molecule has 0 aliphatic carbocycles. The maximum absolute atomic E-state index is 13.4. The van der Waals surface area contributed by atoms with Gasteiger partial charge < -0.3 is 25.5 Å². The standard InChI is InChI=1S/C27H28N4O4/c1-4-19(26(33)34)20-10-5-6-11-22(20)29-25(32)18-13-21(17-9-7-8-16(12-17)15-28)24-23(14-18)30-27(35-24)31(2)3/h5-14,19H,4,15,28H2,1-3H3,(H,29,32)(H,33,34). The number of carbonyl (C=O) groups is 2. The number of hydrogen-bond donors (Lipinski definition) is 3. The summed E-state index contributed by atoms with van der Waals surface area (Å²) in [5.41, 5.74) is 10.9. The number of carboxylic acid groups (broad SMARTS) is 1. The van der Waals surface area contributed by atoms with E-state index in [0.29, 0.717) is 52.5 Å². The van der Waals surface area contributed by atoms with Crippen molar-refractivity contribution < 1.29 is 19.1 Å². The zero-order chi connectivity index (χ0) is 25.1. The van der Waals surface area contributed by atoms with Crippen molar-refractivity contribution in [1.82, 2.24) is 4.98 Å². The Hall–Kier alpha value is -4.17. The molecule has 4 rings (SSSR count). The van der Waals surface area contributed by atoms with E-state index < -0.39 is 11.9 Å². The highest BCUT2D eigenvalue weighted by Gasteiger charge is 2.23. The van der Waals surface area contributed by atoms with Gasteiger partial charge in [0.2, 0.25) is 0 Å². The summed E-state index contributed by atoms with van der Waals surface area (Å²) in [6, 6.07) is 18.6. The van der Waals surface area contributed by atoms with Crippen LogP contribution in [0.2, 0.25) is 0 Å². The van der Waals surface area contributed by atoms with E-state index in [1.165, 1.54) is 0 Å². The van der Waals surface area contributed by atoms with E-state index >= 15 is 0 Å². The molecule has 3 aromatic carbocycles. The Bertz CT molecular complexity index is 1390. The summed E-state index contributed by atoms with van der Waals surface area (Å²) in [7, 11) is 3.66. The third-order valence-electron chi connectivity index (χ3n) is 5.89. The van der Waals surface area contributed by atoms with Gasteiger partial charge in [-0.05, 0) is 47.4 Å². The molecule has 1 aromatic heterocycles. The van der Waals surface area contributed by atoms with Gasteiger partial charge in [0.25, 0.3) is 11.9 Å². The number of aliphatic carboxylic acids is 1. The van der Waals surface area contributed by atoms with Crippen LogP contribution in [0.4, 0.5) is 11.7 Å². The Balaban J connectivity index is 1.80. The molecule has 1 amide bonds. The SMILES string of the molecule is CCC(C(=O)O)c1ccccc1NC(=O)c1cc(-c2cccc(CN)c2)c2oc(N(C)C)nc2c1. The summed E-state index contributed by atoms with van der Waals surface area (Å²) in [6.45, 7) is 2.19. The van der Waals surface area contributed by atoms with Crippen LogP contribution in [0, 0.1) is 0 Å². The van der Waals surface area contributed by atoms with E-state index in [4.69, 9.17) is 10.2 Å². The second-order valence-corrected chi connectivity index (χ2v) is 8.51. The average molecular weight is 473 g/mol. The van der Waals surface area contributed by atoms with Gasteiger partial charge in [0.15, 0.2) is 5.58 Å². The predicted octanol–water partition coefficient (Wildman–Crippen LogP) is 4.85. The Kier molecular flexibility index (Phi) is 6.84. The lowest BCUT2D eigenvalue weighted by Crippen LogP contribution is -2.17. The van der Waals surface area contributed by atoms with Gasteiger partial charge in [0.05, 0.1) is 5.92 Å². The number of carboxylic acids is 1. The highest BCUT2D eigenvalue weighted by molar-refractivity contribution is 6.08. The molecule has 180 valence electrons. The van der Waals surface area contributed by atoms with Gasteiger partial charge in [0, 0.05) is 37.5 Å². The van der Waals surface area contributed by atoms with Crippen molar-refractivity contribution >= 4 is 34.7 Å². The third-order valence-corrected chi connectivity index (χ3v) is 5.89. The molecule has 0 aliphatic heterocycles. The lowest BCUT2D eigenvalue weighted by atomic mass is 9.94. The summed E-state index contributed by atoms with van der Waals surface area (Å²) in [4.78, 5) is 31.4. The van der Waals surface area contributed by atoms with Gasteiger partial charge >= 0.3 is 5.97 Å². The molecule has 0 radical (unpaired) electrons. The lowest BCUT2D eigenvalue weighted by molar-refractivity contribution is -0.138. The Morgan fingerprint density at radius 2 is 1.89 bits per heavy atom. The number of para-hydroxylation sites is 1. The molecule has 0 saturated heterocycles. The molecule has 0 fully saturated rings. The minimum absolute atomic E-state index is 0.370. The number of nitrogens with two attached hydrogens (primary N) is 1. The first-order chi connectivity index (χ1) is 16.8. The van der Waals surface area contributed by atoms with E-state index in [2.05, 4.69) is 10.3 Å². The van der Waals surface area contributed by atoms with Crippen molar-refractivity contribution in [2.45, 2.75) is 25.8 Å². The fourth-order valence-electron chi connectivity index (χ4n) is 4.06. The number of oxazole rings is 1. The molecule has 0 aliphatic rings. The zero-order valence-corrected chi connectivity index (χ0v) is 19.9. The van der Waals surface area contributed by atoms with E-state index in [1.54, 1.807) is 48.2 Å². The van der Waals surface area contributed by atoms with Crippen molar-refractivity contribution in [2.24, 2.45) is 5.73 Å². The summed E-state index contributed by atoms with van der Waals surface area (Å²) < 4.78 is 6.02. The largest absolute Gasteiger partial charge is 0.481 e. The van der Waals surface area contributed by atoms with Crippen LogP contribution in [0.1, 0.15) is 40.7 Å². The highest BCUT2D eigenvalue weighted by Crippen LogP contribution is 2.34. The van der Waals surface area contributed by atoms with Gasteiger partial charge in [-0.1, -0.05) is 43.3 Å². The van der Waals surface area contributed by atoms with Crippen molar-refractivity contribution in [1.29, 1.82) is 0 Å². The Morgan fingerprint density at radius 3 is 2.57 bits per heavy atom. The number of aromatic nitrogens is 1. The molecule has 0 spiro atoms. The summed E-state index contributed by atoms with van der Waals surface area (Å²) in [6.07, 6.45) is 0.405. The van der Waals surface area contributed by atoms with Gasteiger partial charge in [-0.25, -0.2) is 0 Å². The summed E-state index contributed by atoms with van der Waals surface area (Å²) in [5, 5.41) is 12.5. The smallest absolute Gasteiger partial charge is 0.311 e. The Labute approximate surface area is 203 Å². The van der Waals surface area contributed by atoms with E-state index in [0.717, 1.165) is 11.1 Å².